The highest BCUT2D eigenvalue weighted by Gasteiger charge is 2.31. The highest BCUT2D eigenvalue weighted by molar-refractivity contribution is 7.71. The van der Waals surface area contributed by atoms with Crippen LogP contribution < -0.4 is 10.1 Å². The number of hydrogen-bond donors (Lipinski definition) is 2. The van der Waals surface area contributed by atoms with Crippen LogP contribution in [0.1, 0.15) is 31.3 Å². The number of benzene rings is 1. The Hall–Kier alpha value is -2.22. The molecular weight excluding hydrogens is 319 g/mol. The molecule has 3 rings (SSSR count). The lowest BCUT2D eigenvalue weighted by atomic mass is 10.1. The number of aromatic nitrogens is 3. The molecule has 1 aromatic carbocycles. The average Bonchev–Trinajstić information content (AvgIpc) is 3.09. The Balaban J connectivity index is 1.66. The van der Waals surface area contributed by atoms with Crippen LogP contribution in [0, 0.1) is 10.6 Å². The van der Waals surface area contributed by atoms with Crippen LogP contribution in [0.2, 0.25) is 0 Å². The summed E-state index contributed by atoms with van der Waals surface area (Å²) in [5.41, 5.74) is 0.704. The first-order valence-corrected chi connectivity index (χ1v) is 7.75. The van der Waals surface area contributed by atoms with Crippen molar-refractivity contribution in [1.82, 2.24) is 20.1 Å². The third-order valence-electron chi connectivity index (χ3n) is 3.72. The van der Waals surface area contributed by atoms with Crippen LogP contribution >= 0.6 is 12.2 Å². The summed E-state index contributed by atoms with van der Waals surface area (Å²) in [5.74, 6) is 0.0564. The Morgan fingerprint density at radius 3 is 3.09 bits per heavy atom. The van der Waals surface area contributed by atoms with Crippen LogP contribution in [-0.4, -0.2) is 26.8 Å². The normalized spacial score (nSPS) is 16.3. The fourth-order valence-electron chi connectivity index (χ4n) is 2.65. The molecule has 1 atom stereocenters. The van der Waals surface area contributed by atoms with Gasteiger partial charge in [0.05, 0.1) is 6.54 Å². The number of ether oxygens (including phenoxy) is 1. The average molecular weight is 336 g/mol. The van der Waals surface area contributed by atoms with Crippen molar-refractivity contribution in [3.63, 3.8) is 0 Å². The Kier molecular flexibility index (Phi) is 4.16. The minimum atomic E-state index is -0.726. The first-order chi connectivity index (χ1) is 11.0. The van der Waals surface area contributed by atoms with Gasteiger partial charge >= 0.3 is 0 Å². The van der Waals surface area contributed by atoms with E-state index in [-0.39, 0.29) is 24.2 Å². The summed E-state index contributed by atoms with van der Waals surface area (Å²) < 4.78 is 21.4. The van der Waals surface area contributed by atoms with E-state index in [2.05, 4.69) is 15.5 Å². The Labute approximate surface area is 137 Å². The predicted molar refractivity (Wildman–Crippen MR) is 84.2 cm³/mol. The molecule has 2 heterocycles. The third kappa shape index (κ3) is 2.98. The number of H-pyrrole nitrogens is 1. The molecule has 23 heavy (non-hydrogen) atoms. The van der Waals surface area contributed by atoms with E-state index in [4.69, 9.17) is 17.0 Å². The first-order valence-electron chi connectivity index (χ1n) is 7.35. The summed E-state index contributed by atoms with van der Waals surface area (Å²) in [5, 5.41) is 9.60. The number of nitrogens with zero attached hydrogens (tertiary/aromatic N) is 2. The number of amides is 1. The lowest BCUT2D eigenvalue weighted by molar-refractivity contribution is -0.127. The number of para-hydroxylation sites is 1. The molecule has 1 aromatic heterocycles. The summed E-state index contributed by atoms with van der Waals surface area (Å²) in [6.45, 7) is 4.19. The smallest absolute Gasteiger partial charge is 0.261 e. The van der Waals surface area contributed by atoms with Gasteiger partial charge in [-0.05, 0) is 32.1 Å². The van der Waals surface area contributed by atoms with Crippen molar-refractivity contribution in [3.05, 3.63) is 40.2 Å². The number of rotatable bonds is 4. The third-order valence-corrected chi connectivity index (χ3v) is 4.01. The number of aromatic amines is 1. The van der Waals surface area contributed by atoms with E-state index in [0.717, 1.165) is 0 Å². The van der Waals surface area contributed by atoms with Crippen LogP contribution in [0.4, 0.5) is 4.39 Å². The lowest BCUT2D eigenvalue weighted by Crippen LogP contribution is -2.37. The maximum atomic E-state index is 13.6. The Morgan fingerprint density at radius 2 is 2.39 bits per heavy atom. The molecule has 6 nitrogen and oxygen atoms in total. The Bertz CT molecular complexity index is 799. The van der Waals surface area contributed by atoms with E-state index in [1.807, 2.05) is 18.4 Å². The van der Waals surface area contributed by atoms with E-state index in [0.29, 0.717) is 22.6 Å². The van der Waals surface area contributed by atoms with Crippen molar-refractivity contribution in [2.45, 2.75) is 39.0 Å². The first kappa shape index (κ1) is 15.7. The van der Waals surface area contributed by atoms with E-state index in [9.17, 15) is 9.18 Å². The van der Waals surface area contributed by atoms with E-state index < -0.39 is 11.9 Å². The van der Waals surface area contributed by atoms with E-state index >= 15 is 0 Å². The van der Waals surface area contributed by atoms with Gasteiger partial charge < -0.3 is 14.6 Å². The monoisotopic (exact) mass is 336 g/mol. The van der Waals surface area contributed by atoms with Crippen LogP contribution in [0.25, 0.3) is 0 Å². The maximum absolute atomic E-state index is 13.6. The second-order valence-electron chi connectivity index (χ2n) is 5.67. The standard InChI is InChI=1S/C15H17FN4O2S/c1-8(2)20-12(18-19-15(20)23)7-17-14(21)11-6-9-4-3-5-10(16)13(9)22-11/h3-5,8,11H,6-7H2,1-2H3,(H,17,21)(H,19,23)/t11-/m1/s1. The van der Waals surface area contributed by atoms with Crippen molar-refractivity contribution in [1.29, 1.82) is 0 Å². The van der Waals surface area contributed by atoms with Crippen LogP contribution in [0.5, 0.6) is 5.75 Å². The molecule has 122 valence electrons. The molecule has 0 saturated heterocycles. The van der Waals surface area contributed by atoms with Crippen molar-refractivity contribution in [2.24, 2.45) is 0 Å². The molecule has 0 saturated carbocycles. The van der Waals surface area contributed by atoms with Gasteiger partial charge in [0.1, 0.15) is 0 Å². The number of hydrogen-bond acceptors (Lipinski definition) is 4. The molecule has 2 N–H and O–H groups in total. The van der Waals surface area contributed by atoms with Crippen LogP contribution in [0.3, 0.4) is 0 Å². The Morgan fingerprint density at radius 1 is 1.61 bits per heavy atom. The minimum absolute atomic E-state index is 0.134. The molecular formula is C15H17FN4O2S. The summed E-state index contributed by atoms with van der Waals surface area (Å²) in [4.78, 5) is 12.3. The number of nitrogens with one attached hydrogen (secondary N) is 2. The van der Waals surface area contributed by atoms with Gasteiger partial charge in [0.15, 0.2) is 28.3 Å². The number of carbonyl (C=O) groups is 1. The number of carbonyl (C=O) groups excluding carboxylic acids is 1. The van der Waals surface area contributed by atoms with Crippen molar-refractivity contribution in [3.8, 4) is 5.75 Å². The largest absolute Gasteiger partial charge is 0.477 e. The molecule has 0 fully saturated rings. The molecule has 0 bridgehead atoms. The fraction of sp³-hybridized carbons (Fsp3) is 0.400. The van der Waals surface area contributed by atoms with Gasteiger partial charge in [-0.15, -0.1) is 0 Å². The van der Waals surface area contributed by atoms with Gasteiger partial charge in [0.25, 0.3) is 5.91 Å². The van der Waals surface area contributed by atoms with Crippen LogP contribution in [-0.2, 0) is 17.8 Å². The summed E-state index contributed by atoms with van der Waals surface area (Å²) in [6.07, 6.45) is -0.369. The zero-order valence-electron chi connectivity index (χ0n) is 12.8. The molecule has 1 amide bonds. The van der Waals surface area contributed by atoms with Gasteiger partial charge in [-0.3, -0.25) is 9.89 Å². The summed E-state index contributed by atoms with van der Waals surface area (Å²) >= 11 is 5.16. The fourth-order valence-corrected chi connectivity index (χ4v) is 3.01. The molecule has 0 unspecified atom stereocenters. The lowest BCUT2D eigenvalue weighted by Gasteiger charge is -2.13. The molecule has 0 radical (unpaired) electrons. The number of fused-ring (bicyclic) bond motifs is 1. The van der Waals surface area contributed by atoms with Crippen molar-refractivity contribution in [2.75, 3.05) is 0 Å². The zero-order chi connectivity index (χ0) is 16.6. The van der Waals surface area contributed by atoms with Gasteiger partial charge in [0, 0.05) is 18.0 Å². The van der Waals surface area contributed by atoms with Gasteiger partial charge in [-0.1, -0.05) is 12.1 Å². The molecule has 0 aliphatic carbocycles. The zero-order valence-corrected chi connectivity index (χ0v) is 13.6. The van der Waals surface area contributed by atoms with Gasteiger partial charge in [-0.2, -0.15) is 5.10 Å². The van der Waals surface area contributed by atoms with Crippen LogP contribution in [0.15, 0.2) is 18.2 Å². The number of halogens is 1. The molecule has 8 heteroatoms. The second kappa shape index (κ2) is 6.11. The molecule has 0 spiro atoms. The predicted octanol–water partition coefficient (Wildman–Crippen LogP) is 2.28. The van der Waals surface area contributed by atoms with Crippen molar-refractivity contribution < 1.29 is 13.9 Å². The second-order valence-corrected chi connectivity index (χ2v) is 6.05. The quantitative estimate of drug-likeness (QED) is 0.840. The van der Waals surface area contributed by atoms with Gasteiger partial charge in [-0.25, -0.2) is 4.39 Å². The van der Waals surface area contributed by atoms with Gasteiger partial charge in [0.2, 0.25) is 0 Å². The highest BCUT2D eigenvalue weighted by atomic mass is 32.1. The SMILES string of the molecule is CC(C)n1c(CNC(=O)[C@H]2Cc3cccc(F)c3O2)n[nH]c1=S. The summed E-state index contributed by atoms with van der Waals surface area (Å²) in [6, 6.07) is 4.82. The van der Waals surface area contributed by atoms with E-state index in [1.165, 1.54) is 6.07 Å². The topological polar surface area (TPSA) is 71.9 Å². The minimum Gasteiger partial charge on any atom is -0.477 e. The maximum Gasteiger partial charge on any atom is 0.261 e. The highest BCUT2D eigenvalue weighted by Crippen LogP contribution is 2.31. The molecule has 1 aliphatic rings. The molecule has 2 aromatic rings. The molecule has 1 aliphatic heterocycles. The van der Waals surface area contributed by atoms with Crippen molar-refractivity contribution >= 4 is 18.1 Å². The summed E-state index contributed by atoms with van der Waals surface area (Å²) in [7, 11) is 0. The van der Waals surface area contributed by atoms with E-state index in [1.54, 1.807) is 12.1 Å².